The molecule has 1 atom stereocenters. The van der Waals surface area contributed by atoms with E-state index in [1.807, 2.05) is 7.11 Å². The van der Waals surface area contributed by atoms with Gasteiger partial charge in [-0.25, -0.2) is 0 Å². The van der Waals surface area contributed by atoms with Crippen molar-refractivity contribution in [2.75, 3.05) is 62.7 Å². The Morgan fingerprint density at radius 3 is 2.22 bits per heavy atom. The highest BCUT2D eigenvalue weighted by atomic mass is 16.5. The molecular weight excluding hydrogens is 394 g/mol. The van der Waals surface area contributed by atoms with Crippen molar-refractivity contribution < 1.29 is 4.74 Å². The maximum Gasteiger partial charge on any atom is 0.0762 e. The quantitative estimate of drug-likeness (QED) is 0.558. The van der Waals surface area contributed by atoms with Gasteiger partial charge in [0.05, 0.1) is 6.10 Å². The van der Waals surface area contributed by atoms with Crippen molar-refractivity contribution in [2.24, 2.45) is 10.8 Å². The van der Waals surface area contributed by atoms with Crippen LogP contribution in [0.5, 0.6) is 0 Å². The SMILES string of the molecule is CCCN1CCN(c2ccc(N3CC[C@H](OC)C3)cc2C2CC(C)(C)CC(C)(C)C2)CC1. The zero-order valence-corrected chi connectivity index (χ0v) is 21.6. The first-order valence-electron chi connectivity index (χ1n) is 13.1. The minimum atomic E-state index is 0.373. The lowest BCUT2D eigenvalue weighted by Gasteiger charge is -2.46. The van der Waals surface area contributed by atoms with Gasteiger partial charge in [-0.05, 0) is 79.2 Å². The van der Waals surface area contributed by atoms with E-state index < -0.39 is 0 Å². The molecule has 2 aliphatic heterocycles. The smallest absolute Gasteiger partial charge is 0.0762 e. The van der Waals surface area contributed by atoms with Crippen LogP contribution < -0.4 is 9.80 Å². The molecular formula is C28H47N3O. The zero-order chi connectivity index (χ0) is 22.9. The molecule has 0 N–H and O–H groups in total. The maximum absolute atomic E-state index is 5.66. The van der Waals surface area contributed by atoms with Crippen LogP contribution in [-0.4, -0.2) is 63.9 Å². The minimum Gasteiger partial charge on any atom is -0.380 e. The summed E-state index contributed by atoms with van der Waals surface area (Å²) < 4.78 is 5.66. The molecule has 1 aliphatic carbocycles. The van der Waals surface area contributed by atoms with E-state index >= 15 is 0 Å². The summed E-state index contributed by atoms with van der Waals surface area (Å²) in [5, 5.41) is 0. The van der Waals surface area contributed by atoms with Crippen molar-refractivity contribution in [3.63, 3.8) is 0 Å². The summed E-state index contributed by atoms with van der Waals surface area (Å²) in [6, 6.07) is 7.40. The maximum atomic E-state index is 5.66. The minimum absolute atomic E-state index is 0.373. The second-order valence-corrected chi connectivity index (χ2v) is 12.3. The highest BCUT2D eigenvalue weighted by Gasteiger charge is 2.40. The van der Waals surface area contributed by atoms with Crippen molar-refractivity contribution in [1.29, 1.82) is 0 Å². The molecule has 3 aliphatic rings. The summed E-state index contributed by atoms with van der Waals surface area (Å²) in [6.45, 7) is 20.3. The van der Waals surface area contributed by atoms with Gasteiger partial charge in [-0.2, -0.15) is 0 Å². The van der Waals surface area contributed by atoms with Gasteiger partial charge in [0.1, 0.15) is 0 Å². The Balaban J connectivity index is 1.64. The van der Waals surface area contributed by atoms with Crippen LogP contribution >= 0.6 is 0 Å². The number of benzene rings is 1. The largest absolute Gasteiger partial charge is 0.380 e. The van der Waals surface area contributed by atoms with Gasteiger partial charge >= 0.3 is 0 Å². The number of nitrogens with zero attached hydrogens (tertiary/aromatic N) is 3. The van der Waals surface area contributed by atoms with E-state index in [1.165, 1.54) is 56.7 Å². The number of hydrogen-bond acceptors (Lipinski definition) is 4. The molecule has 180 valence electrons. The van der Waals surface area contributed by atoms with Crippen molar-refractivity contribution in [3.8, 4) is 0 Å². The molecule has 0 radical (unpaired) electrons. The molecule has 0 spiro atoms. The van der Waals surface area contributed by atoms with Crippen LogP contribution in [0.15, 0.2) is 18.2 Å². The first kappa shape index (κ1) is 23.9. The molecule has 0 amide bonds. The van der Waals surface area contributed by atoms with E-state index in [2.05, 4.69) is 67.5 Å². The van der Waals surface area contributed by atoms with Gasteiger partial charge in [0.15, 0.2) is 0 Å². The second-order valence-electron chi connectivity index (χ2n) is 12.3. The number of anilines is 2. The monoisotopic (exact) mass is 441 g/mol. The predicted octanol–water partition coefficient (Wildman–Crippen LogP) is 5.76. The lowest BCUT2D eigenvalue weighted by Crippen LogP contribution is -2.47. The Morgan fingerprint density at radius 2 is 1.62 bits per heavy atom. The van der Waals surface area contributed by atoms with Crippen molar-refractivity contribution in [2.45, 2.75) is 78.7 Å². The first-order valence-corrected chi connectivity index (χ1v) is 13.1. The van der Waals surface area contributed by atoms with Gasteiger partial charge in [0, 0.05) is 57.8 Å². The van der Waals surface area contributed by atoms with E-state index in [1.54, 1.807) is 5.56 Å². The van der Waals surface area contributed by atoms with Crippen molar-refractivity contribution >= 4 is 11.4 Å². The van der Waals surface area contributed by atoms with E-state index in [-0.39, 0.29) is 0 Å². The molecule has 4 nitrogen and oxygen atoms in total. The topological polar surface area (TPSA) is 19.0 Å². The summed E-state index contributed by atoms with van der Waals surface area (Å²) in [5.41, 5.74) is 5.30. The Morgan fingerprint density at radius 1 is 0.938 bits per heavy atom. The first-order chi connectivity index (χ1) is 15.2. The molecule has 1 aromatic rings. The summed E-state index contributed by atoms with van der Waals surface area (Å²) in [4.78, 5) is 7.86. The third-order valence-corrected chi connectivity index (χ3v) is 8.10. The number of hydrogen-bond donors (Lipinski definition) is 0. The normalized spacial score (nSPS) is 26.6. The summed E-state index contributed by atoms with van der Waals surface area (Å²) in [5.74, 6) is 0.637. The Bertz CT molecular complexity index is 750. The van der Waals surface area contributed by atoms with Crippen LogP contribution in [0.3, 0.4) is 0 Å². The fraction of sp³-hybridized carbons (Fsp3) is 0.786. The molecule has 0 aromatic heterocycles. The lowest BCUT2D eigenvalue weighted by atomic mass is 9.60. The van der Waals surface area contributed by atoms with Gasteiger partial charge in [0.25, 0.3) is 0 Å². The van der Waals surface area contributed by atoms with Crippen LogP contribution in [0.1, 0.15) is 78.2 Å². The molecule has 2 saturated heterocycles. The van der Waals surface area contributed by atoms with Crippen LogP contribution in [-0.2, 0) is 4.74 Å². The summed E-state index contributed by atoms with van der Waals surface area (Å²) in [6.07, 6.45) is 6.67. The van der Waals surface area contributed by atoms with Crippen LogP contribution in [0.25, 0.3) is 0 Å². The zero-order valence-electron chi connectivity index (χ0n) is 21.6. The molecule has 2 heterocycles. The molecule has 3 fully saturated rings. The number of rotatable bonds is 6. The average Bonchev–Trinajstić information content (AvgIpc) is 3.21. The summed E-state index contributed by atoms with van der Waals surface area (Å²) >= 11 is 0. The van der Waals surface area contributed by atoms with Gasteiger partial charge in [-0.3, -0.25) is 4.90 Å². The Kier molecular flexibility index (Phi) is 7.12. The van der Waals surface area contributed by atoms with Crippen LogP contribution in [0, 0.1) is 10.8 Å². The third-order valence-electron chi connectivity index (χ3n) is 8.10. The molecule has 4 heteroatoms. The van der Waals surface area contributed by atoms with Crippen LogP contribution in [0.4, 0.5) is 11.4 Å². The standard InChI is InChI=1S/C28H47N3O/c1-7-11-29-13-15-30(16-14-29)26-9-8-23(31-12-10-24(20-31)32-6)17-25(26)22-18-27(2,3)21-28(4,5)19-22/h8-9,17,22,24H,7,10-16,18-21H2,1-6H3/t24-/m0/s1. The van der Waals surface area contributed by atoms with Gasteiger partial charge in [-0.1, -0.05) is 34.6 Å². The second kappa shape index (κ2) is 9.54. The molecule has 4 rings (SSSR count). The highest BCUT2D eigenvalue weighted by Crippen LogP contribution is 2.53. The molecule has 1 saturated carbocycles. The van der Waals surface area contributed by atoms with Crippen molar-refractivity contribution in [3.05, 3.63) is 23.8 Å². The van der Waals surface area contributed by atoms with E-state index in [4.69, 9.17) is 4.74 Å². The fourth-order valence-corrected chi connectivity index (χ4v) is 7.10. The van der Waals surface area contributed by atoms with Gasteiger partial charge < -0.3 is 14.5 Å². The van der Waals surface area contributed by atoms with Crippen molar-refractivity contribution in [1.82, 2.24) is 4.90 Å². The van der Waals surface area contributed by atoms with Gasteiger partial charge in [0.2, 0.25) is 0 Å². The summed E-state index contributed by atoms with van der Waals surface area (Å²) in [7, 11) is 1.85. The van der Waals surface area contributed by atoms with E-state index in [0.29, 0.717) is 22.9 Å². The number of ether oxygens (including phenoxy) is 1. The Labute approximate surface area is 197 Å². The van der Waals surface area contributed by atoms with E-state index in [0.717, 1.165) is 32.6 Å². The molecule has 0 unspecified atom stereocenters. The lowest BCUT2D eigenvalue weighted by molar-refractivity contribution is 0.0970. The molecule has 1 aromatic carbocycles. The van der Waals surface area contributed by atoms with Gasteiger partial charge in [-0.15, -0.1) is 0 Å². The molecule has 0 bridgehead atoms. The predicted molar refractivity (Wildman–Crippen MR) is 137 cm³/mol. The van der Waals surface area contributed by atoms with E-state index in [9.17, 15) is 0 Å². The number of piperazine rings is 1. The van der Waals surface area contributed by atoms with Crippen LogP contribution in [0.2, 0.25) is 0 Å². The highest BCUT2D eigenvalue weighted by molar-refractivity contribution is 5.64. The average molecular weight is 442 g/mol. The third kappa shape index (κ3) is 5.44. The number of methoxy groups -OCH3 is 1. The molecule has 32 heavy (non-hydrogen) atoms. The Hall–Kier alpha value is -1.26. The fourth-order valence-electron chi connectivity index (χ4n) is 7.10.